The summed E-state index contributed by atoms with van der Waals surface area (Å²) in [6.07, 6.45) is 10.0. The maximum absolute atomic E-state index is 4.27. The van der Waals surface area contributed by atoms with Crippen molar-refractivity contribution >= 4 is 11.3 Å². The Kier molecular flexibility index (Phi) is 5.84. The number of hydrogen-bond acceptors (Lipinski definition) is 3. The predicted octanol–water partition coefficient (Wildman–Crippen LogP) is 4.91. The summed E-state index contributed by atoms with van der Waals surface area (Å²) in [7, 11) is 0. The predicted molar refractivity (Wildman–Crippen MR) is 92.8 cm³/mol. The molecule has 0 aliphatic heterocycles. The van der Waals surface area contributed by atoms with Crippen molar-refractivity contribution in [2.75, 3.05) is 13.1 Å². The third-order valence-corrected chi connectivity index (χ3v) is 6.01. The minimum Gasteiger partial charge on any atom is -0.316 e. The van der Waals surface area contributed by atoms with Crippen molar-refractivity contribution in [1.82, 2.24) is 10.3 Å². The zero-order chi connectivity index (χ0) is 15.3. The van der Waals surface area contributed by atoms with Crippen molar-refractivity contribution in [2.45, 2.75) is 66.2 Å². The molecule has 0 unspecified atom stereocenters. The van der Waals surface area contributed by atoms with E-state index in [0.717, 1.165) is 12.5 Å². The summed E-state index contributed by atoms with van der Waals surface area (Å²) in [5.41, 5.74) is 2.90. The van der Waals surface area contributed by atoms with E-state index in [1.54, 1.807) is 0 Å². The van der Waals surface area contributed by atoms with Gasteiger partial charge in [0, 0.05) is 17.6 Å². The number of nitrogens with zero attached hydrogens (tertiary/aromatic N) is 1. The minimum absolute atomic E-state index is 0.462. The average Bonchev–Trinajstić information content (AvgIpc) is 2.91. The second kappa shape index (κ2) is 7.23. The molecule has 1 aromatic heterocycles. The van der Waals surface area contributed by atoms with Gasteiger partial charge in [-0.15, -0.1) is 11.3 Å². The van der Waals surface area contributed by atoms with Gasteiger partial charge < -0.3 is 5.32 Å². The van der Waals surface area contributed by atoms with Gasteiger partial charge in [-0.05, 0) is 61.8 Å². The number of hydrogen-bond donors (Lipinski definition) is 1. The maximum atomic E-state index is 4.27. The Morgan fingerprint density at radius 1 is 1.33 bits per heavy atom. The van der Waals surface area contributed by atoms with Crippen LogP contribution in [0.25, 0.3) is 0 Å². The SMILES string of the molecule is CCCNCC1(Cc2cncs2)CCC(C(C)(C)C)CC1. The quantitative estimate of drug-likeness (QED) is 0.755. The van der Waals surface area contributed by atoms with Gasteiger partial charge in [0.1, 0.15) is 0 Å². The second-order valence-electron chi connectivity index (χ2n) is 7.96. The number of nitrogens with one attached hydrogen (secondary N) is 1. The van der Waals surface area contributed by atoms with Crippen LogP contribution in [0.4, 0.5) is 0 Å². The highest BCUT2D eigenvalue weighted by atomic mass is 32.1. The van der Waals surface area contributed by atoms with Crippen LogP contribution in [0, 0.1) is 16.7 Å². The topological polar surface area (TPSA) is 24.9 Å². The first-order valence-electron chi connectivity index (χ1n) is 8.53. The molecule has 0 spiro atoms. The van der Waals surface area contributed by atoms with Crippen LogP contribution in [0.2, 0.25) is 0 Å². The first-order valence-corrected chi connectivity index (χ1v) is 9.41. The normalized spacial score (nSPS) is 27.0. The van der Waals surface area contributed by atoms with Gasteiger partial charge in [0.2, 0.25) is 0 Å². The zero-order valence-electron chi connectivity index (χ0n) is 14.2. The van der Waals surface area contributed by atoms with E-state index in [9.17, 15) is 0 Å². The van der Waals surface area contributed by atoms with Crippen molar-refractivity contribution in [2.24, 2.45) is 16.7 Å². The summed E-state index contributed by atoms with van der Waals surface area (Å²) >= 11 is 1.82. The van der Waals surface area contributed by atoms with Crippen molar-refractivity contribution in [3.63, 3.8) is 0 Å². The van der Waals surface area contributed by atoms with Gasteiger partial charge in [-0.2, -0.15) is 0 Å². The summed E-state index contributed by atoms with van der Waals surface area (Å²) in [4.78, 5) is 5.73. The molecule has 1 fully saturated rings. The van der Waals surface area contributed by atoms with Gasteiger partial charge in [0.25, 0.3) is 0 Å². The van der Waals surface area contributed by atoms with Crippen molar-refractivity contribution in [1.29, 1.82) is 0 Å². The fraction of sp³-hybridized carbons (Fsp3) is 0.833. The summed E-state index contributed by atoms with van der Waals surface area (Å²) < 4.78 is 0. The summed E-state index contributed by atoms with van der Waals surface area (Å²) in [5.74, 6) is 0.887. The highest BCUT2D eigenvalue weighted by Crippen LogP contribution is 2.46. The molecule has 21 heavy (non-hydrogen) atoms. The van der Waals surface area contributed by atoms with Crippen LogP contribution in [-0.4, -0.2) is 18.1 Å². The van der Waals surface area contributed by atoms with Crippen LogP contribution in [0.3, 0.4) is 0 Å². The molecule has 1 heterocycles. The minimum atomic E-state index is 0.462. The third-order valence-electron chi connectivity index (χ3n) is 5.23. The fourth-order valence-electron chi connectivity index (χ4n) is 3.74. The van der Waals surface area contributed by atoms with Gasteiger partial charge in [0.15, 0.2) is 0 Å². The second-order valence-corrected chi connectivity index (χ2v) is 8.93. The van der Waals surface area contributed by atoms with Gasteiger partial charge in [-0.25, -0.2) is 0 Å². The van der Waals surface area contributed by atoms with Crippen LogP contribution in [0.15, 0.2) is 11.7 Å². The lowest BCUT2D eigenvalue weighted by Gasteiger charge is -2.44. The van der Waals surface area contributed by atoms with E-state index in [1.165, 1.54) is 49.9 Å². The lowest BCUT2D eigenvalue weighted by atomic mass is 9.63. The van der Waals surface area contributed by atoms with Crippen molar-refractivity contribution in [3.05, 3.63) is 16.6 Å². The largest absolute Gasteiger partial charge is 0.316 e. The maximum Gasteiger partial charge on any atom is 0.0794 e. The lowest BCUT2D eigenvalue weighted by Crippen LogP contribution is -2.41. The van der Waals surface area contributed by atoms with E-state index in [2.05, 4.69) is 44.2 Å². The van der Waals surface area contributed by atoms with E-state index in [1.807, 2.05) is 16.8 Å². The smallest absolute Gasteiger partial charge is 0.0794 e. The van der Waals surface area contributed by atoms with Crippen LogP contribution in [0.1, 0.15) is 64.7 Å². The van der Waals surface area contributed by atoms with E-state index >= 15 is 0 Å². The van der Waals surface area contributed by atoms with Crippen molar-refractivity contribution < 1.29 is 0 Å². The van der Waals surface area contributed by atoms with E-state index in [-0.39, 0.29) is 0 Å². The molecular weight excluding hydrogens is 276 g/mol. The van der Waals surface area contributed by atoms with E-state index in [0.29, 0.717) is 10.8 Å². The monoisotopic (exact) mass is 308 g/mol. The molecule has 0 atom stereocenters. The molecule has 2 rings (SSSR count). The molecule has 1 aromatic rings. The zero-order valence-corrected chi connectivity index (χ0v) is 15.1. The molecule has 1 aliphatic rings. The van der Waals surface area contributed by atoms with Crippen LogP contribution >= 0.6 is 11.3 Å². The van der Waals surface area contributed by atoms with Gasteiger partial charge in [0.05, 0.1) is 5.51 Å². The molecule has 2 nitrogen and oxygen atoms in total. The average molecular weight is 309 g/mol. The summed E-state index contributed by atoms with van der Waals surface area (Å²) in [6, 6.07) is 0. The number of rotatable bonds is 6. The van der Waals surface area contributed by atoms with Crippen LogP contribution < -0.4 is 5.32 Å². The van der Waals surface area contributed by atoms with Gasteiger partial charge in [-0.3, -0.25) is 4.98 Å². The standard InChI is InChI=1S/C18H32N2S/c1-5-10-19-13-18(11-16-12-20-14-21-16)8-6-15(7-9-18)17(2,3)4/h12,14-15,19H,5-11,13H2,1-4H3. The number of thiazole rings is 1. The van der Waals surface area contributed by atoms with E-state index < -0.39 is 0 Å². The first-order chi connectivity index (χ1) is 9.95. The Balaban J connectivity index is 2.00. The Bertz CT molecular complexity index is 397. The molecule has 1 saturated carbocycles. The molecule has 1 N–H and O–H groups in total. The first kappa shape index (κ1) is 17.0. The molecule has 0 radical (unpaired) electrons. The van der Waals surface area contributed by atoms with Crippen LogP contribution in [-0.2, 0) is 6.42 Å². The molecule has 3 heteroatoms. The number of aromatic nitrogens is 1. The highest BCUT2D eigenvalue weighted by molar-refractivity contribution is 7.09. The summed E-state index contributed by atoms with van der Waals surface area (Å²) in [6.45, 7) is 11.8. The molecule has 1 aliphatic carbocycles. The van der Waals surface area contributed by atoms with Gasteiger partial charge in [-0.1, -0.05) is 27.7 Å². The Morgan fingerprint density at radius 3 is 2.57 bits per heavy atom. The molecule has 0 bridgehead atoms. The molecule has 0 aromatic carbocycles. The Labute approximate surface area is 134 Å². The Hall–Kier alpha value is -0.410. The van der Waals surface area contributed by atoms with E-state index in [4.69, 9.17) is 0 Å². The summed E-state index contributed by atoms with van der Waals surface area (Å²) in [5, 5.41) is 3.70. The third kappa shape index (κ3) is 4.79. The lowest BCUT2D eigenvalue weighted by molar-refractivity contribution is 0.0868. The van der Waals surface area contributed by atoms with Crippen molar-refractivity contribution in [3.8, 4) is 0 Å². The molecule has 120 valence electrons. The highest BCUT2D eigenvalue weighted by Gasteiger charge is 2.38. The van der Waals surface area contributed by atoms with Gasteiger partial charge >= 0.3 is 0 Å². The fourth-order valence-corrected chi connectivity index (χ4v) is 4.51. The molecular formula is C18H32N2S. The molecule has 0 saturated heterocycles. The van der Waals surface area contributed by atoms with Crippen LogP contribution in [0.5, 0.6) is 0 Å². The Morgan fingerprint density at radius 2 is 2.05 bits per heavy atom. The molecule has 0 amide bonds.